The van der Waals surface area contributed by atoms with Gasteiger partial charge in [-0.25, -0.2) is 0 Å². The molecule has 0 saturated carbocycles. The van der Waals surface area contributed by atoms with Gasteiger partial charge in [0.05, 0.1) is 0 Å². The number of rotatable bonds is 0. The normalized spacial score (nSPS) is 9.46. The molecule has 0 atom stereocenters. The quantitative estimate of drug-likeness (QED) is 0.637. The molecule has 2 aromatic rings. The van der Waals surface area contributed by atoms with Crippen molar-refractivity contribution in [1.29, 1.82) is 0 Å². The van der Waals surface area contributed by atoms with E-state index in [1.807, 2.05) is 33.0 Å². The molecule has 2 rings (SSSR count). The number of aromatic amines is 1. The average molecular weight is 177 g/mol. The summed E-state index contributed by atoms with van der Waals surface area (Å²) in [6.07, 6.45) is 1.93. The average Bonchev–Trinajstić information content (AvgIpc) is 2.52. The lowest BCUT2D eigenvalue weighted by Crippen LogP contribution is -1.68. The molecule has 0 fully saturated rings. The maximum atomic E-state index is 9.16. The minimum Gasteiger partial charge on any atom is -0.508 e. The van der Waals surface area contributed by atoms with Gasteiger partial charge in [0.1, 0.15) is 5.75 Å². The third-order valence-electron chi connectivity index (χ3n) is 1.87. The van der Waals surface area contributed by atoms with Crippen LogP contribution in [-0.4, -0.2) is 10.1 Å². The van der Waals surface area contributed by atoms with Crippen LogP contribution in [0.5, 0.6) is 5.75 Å². The minimum atomic E-state index is 0.320. The number of benzene rings is 1. The van der Waals surface area contributed by atoms with Crippen molar-refractivity contribution in [1.82, 2.24) is 4.98 Å². The largest absolute Gasteiger partial charge is 0.508 e. The summed E-state index contributed by atoms with van der Waals surface area (Å²) in [4.78, 5) is 3.10. The van der Waals surface area contributed by atoms with Crippen molar-refractivity contribution in [2.45, 2.75) is 20.8 Å². The number of nitrogens with one attached hydrogen (secondary N) is 1. The maximum Gasteiger partial charge on any atom is 0.116 e. The van der Waals surface area contributed by atoms with Crippen LogP contribution < -0.4 is 0 Å². The monoisotopic (exact) mass is 177 g/mol. The fraction of sp³-hybridized carbons (Fsp3) is 0.273. The van der Waals surface area contributed by atoms with Gasteiger partial charge in [-0.05, 0) is 30.7 Å². The minimum absolute atomic E-state index is 0.320. The Bertz CT molecular complexity index is 390. The van der Waals surface area contributed by atoms with Crippen LogP contribution in [0, 0.1) is 6.92 Å². The van der Waals surface area contributed by atoms with Crippen molar-refractivity contribution in [3.8, 4) is 5.75 Å². The molecule has 0 aliphatic carbocycles. The zero-order valence-corrected chi connectivity index (χ0v) is 8.26. The molecular weight excluding hydrogens is 162 g/mol. The Hall–Kier alpha value is -1.44. The second-order valence-corrected chi connectivity index (χ2v) is 2.70. The van der Waals surface area contributed by atoms with E-state index in [0.29, 0.717) is 5.75 Å². The summed E-state index contributed by atoms with van der Waals surface area (Å²) < 4.78 is 0. The summed E-state index contributed by atoms with van der Waals surface area (Å²) in [5, 5.41) is 10.2. The number of phenols is 1. The van der Waals surface area contributed by atoms with Crippen LogP contribution in [0.25, 0.3) is 10.9 Å². The van der Waals surface area contributed by atoms with E-state index in [2.05, 4.69) is 4.98 Å². The molecule has 0 aliphatic rings. The molecule has 70 valence electrons. The summed E-state index contributed by atoms with van der Waals surface area (Å²) in [6.45, 7) is 6.01. The molecular formula is C11H15NO. The topological polar surface area (TPSA) is 36.0 Å². The molecule has 1 heterocycles. The van der Waals surface area contributed by atoms with Gasteiger partial charge < -0.3 is 10.1 Å². The summed E-state index contributed by atoms with van der Waals surface area (Å²) in [5.74, 6) is 0.320. The number of H-pyrrole nitrogens is 1. The Balaban J connectivity index is 0.000000396. The molecule has 0 saturated heterocycles. The third kappa shape index (κ3) is 1.83. The lowest BCUT2D eigenvalue weighted by Gasteiger charge is -1.92. The predicted octanol–water partition coefficient (Wildman–Crippen LogP) is 3.21. The molecule has 1 aromatic carbocycles. The molecule has 0 aliphatic heterocycles. The number of aromatic nitrogens is 1. The highest BCUT2D eigenvalue weighted by Crippen LogP contribution is 2.21. The van der Waals surface area contributed by atoms with E-state index in [4.69, 9.17) is 5.11 Å². The van der Waals surface area contributed by atoms with Gasteiger partial charge in [-0.1, -0.05) is 13.8 Å². The first kappa shape index (κ1) is 9.65. The van der Waals surface area contributed by atoms with Crippen molar-refractivity contribution in [3.63, 3.8) is 0 Å². The van der Waals surface area contributed by atoms with Gasteiger partial charge in [0, 0.05) is 17.1 Å². The van der Waals surface area contributed by atoms with E-state index < -0.39 is 0 Å². The van der Waals surface area contributed by atoms with Crippen molar-refractivity contribution < 1.29 is 5.11 Å². The van der Waals surface area contributed by atoms with Crippen LogP contribution in [0.1, 0.15) is 19.4 Å². The molecule has 0 spiro atoms. The van der Waals surface area contributed by atoms with Crippen LogP contribution in [-0.2, 0) is 0 Å². The van der Waals surface area contributed by atoms with E-state index in [1.54, 1.807) is 12.1 Å². The molecule has 2 heteroatoms. The number of hydrogen-bond donors (Lipinski definition) is 2. The molecule has 0 radical (unpaired) electrons. The molecule has 0 bridgehead atoms. The van der Waals surface area contributed by atoms with E-state index in [9.17, 15) is 0 Å². The van der Waals surface area contributed by atoms with E-state index in [1.165, 1.54) is 0 Å². The van der Waals surface area contributed by atoms with Gasteiger partial charge >= 0.3 is 0 Å². The number of phenolic OH excluding ortho intramolecular Hbond substituents is 1. The zero-order valence-electron chi connectivity index (χ0n) is 8.26. The standard InChI is InChI=1S/C9H9NO.C2H6/c1-6-5-10-9-3-2-7(11)4-8(6)9;1-2/h2-5,10-11H,1H3;1-2H3. The molecule has 0 amide bonds. The smallest absolute Gasteiger partial charge is 0.116 e. The fourth-order valence-corrected chi connectivity index (χ4v) is 1.25. The molecule has 0 unspecified atom stereocenters. The van der Waals surface area contributed by atoms with Crippen LogP contribution in [0.4, 0.5) is 0 Å². The van der Waals surface area contributed by atoms with Crippen molar-refractivity contribution in [2.75, 3.05) is 0 Å². The van der Waals surface area contributed by atoms with Crippen molar-refractivity contribution in [3.05, 3.63) is 30.0 Å². The molecule has 2 N–H and O–H groups in total. The van der Waals surface area contributed by atoms with E-state index in [0.717, 1.165) is 16.5 Å². The number of fused-ring (bicyclic) bond motifs is 1. The Morgan fingerprint density at radius 1 is 1.23 bits per heavy atom. The van der Waals surface area contributed by atoms with Crippen LogP contribution >= 0.6 is 0 Å². The molecule has 2 nitrogen and oxygen atoms in total. The second kappa shape index (κ2) is 3.99. The Morgan fingerprint density at radius 3 is 2.62 bits per heavy atom. The Labute approximate surface area is 78.2 Å². The predicted molar refractivity (Wildman–Crippen MR) is 56.0 cm³/mol. The van der Waals surface area contributed by atoms with E-state index in [-0.39, 0.29) is 0 Å². The summed E-state index contributed by atoms with van der Waals surface area (Å²) in [7, 11) is 0. The first-order valence-electron chi connectivity index (χ1n) is 4.54. The summed E-state index contributed by atoms with van der Waals surface area (Å²) in [5.41, 5.74) is 2.23. The number of hydrogen-bond acceptors (Lipinski definition) is 1. The van der Waals surface area contributed by atoms with E-state index >= 15 is 0 Å². The van der Waals surface area contributed by atoms with Crippen LogP contribution in [0.3, 0.4) is 0 Å². The van der Waals surface area contributed by atoms with Crippen molar-refractivity contribution >= 4 is 10.9 Å². The maximum absolute atomic E-state index is 9.16. The highest BCUT2D eigenvalue weighted by atomic mass is 16.3. The lowest BCUT2D eigenvalue weighted by molar-refractivity contribution is 0.476. The lowest BCUT2D eigenvalue weighted by atomic mass is 10.2. The van der Waals surface area contributed by atoms with Gasteiger partial charge in [-0.3, -0.25) is 0 Å². The fourth-order valence-electron chi connectivity index (χ4n) is 1.25. The van der Waals surface area contributed by atoms with Gasteiger partial charge in [-0.2, -0.15) is 0 Å². The highest BCUT2D eigenvalue weighted by molar-refractivity contribution is 5.84. The summed E-state index contributed by atoms with van der Waals surface area (Å²) >= 11 is 0. The Kier molecular flexibility index (Phi) is 2.96. The second-order valence-electron chi connectivity index (χ2n) is 2.70. The first-order valence-corrected chi connectivity index (χ1v) is 4.54. The highest BCUT2D eigenvalue weighted by Gasteiger charge is 1.98. The Morgan fingerprint density at radius 2 is 1.92 bits per heavy atom. The molecule has 1 aromatic heterocycles. The third-order valence-corrected chi connectivity index (χ3v) is 1.87. The van der Waals surface area contributed by atoms with Crippen molar-refractivity contribution in [2.24, 2.45) is 0 Å². The van der Waals surface area contributed by atoms with Crippen LogP contribution in [0.15, 0.2) is 24.4 Å². The summed E-state index contributed by atoms with van der Waals surface area (Å²) in [6, 6.07) is 5.32. The SMILES string of the molecule is CC.Cc1c[nH]c2ccc(O)cc12. The van der Waals surface area contributed by atoms with Crippen LogP contribution in [0.2, 0.25) is 0 Å². The number of aryl methyl sites for hydroxylation is 1. The molecule has 13 heavy (non-hydrogen) atoms. The van der Waals surface area contributed by atoms with Gasteiger partial charge in [0.25, 0.3) is 0 Å². The zero-order chi connectivity index (χ0) is 9.84. The van der Waals surface area contributed by atoms with Gasteiger partial charge in [0.2, 0.25) is 0 Å². The van der Waals surface area contributed by atoms with Gasteiger partial charge in [-0.15, -0.1) is 0 Å². The van der Waals surface area contributed by atoms with Gasteiger partial charge in [0.15, 0.2) is 0 Å². The number of aromatic hydroxyl groups is 1. The first-order chi connectivity index (χ1) is 6.27.